The number of likely N-dealkylation sites (N-methyl/N-ethyl adjacent to an activating group) is 1. The third-order valence-electron chi connectivity index (χ3n) is 2.08. The summed E-state index contributed by atoms with van der Waals surface area (Å²) in [5.41, 5.74) is 7.53. The molecule has 0 fully saturated rings. The van der Waals surface area contributed by atoms with Crippen molar-refractivity contribution in [2.75, 3.05) is 30.8 Å². The highest BCUT2D eigenvalue weighted by molar-refractivity contribution is 5.65. The molecule has 2 rings (SSSR count). The average molecular weight is 194 g/mol. The molecule has 0 amide bonds. The van der Waals surface area contributed by atoms with E-state index >= 15 is 0 Å². The summed E-state index contributed by atoms with van der Waals surface area (Å²) in [6, 6.07) is 5.72. The van der Waals surface area contributed by atoms with E-state index in [1.54, 1.807) is 0 Å². The highest BCUT2D eigenvalue weighted by Crippen LogP contribution is 2.31. The molecule has 2 N–H and O–H groups in total. The molecule has 0 unspecified atom stereocenters. The lowest BCUT2D eigenvalue weighted by atomic mass is 10.2. The van der Waals surface area contributed by atoms with E-state index in [-0.39, 0.29) is 0 Å². The van der Waals surface area contributed by atoms with Crippen LogP contribution in [0.5, 0.6) is 5.75 Å². The van der Waals surface area contributed by atoms with E-state index in [4.69, 9.17) is 10.5 Å². The van der Waals surface area contributed by atoms with Crippen LogP contribution in [0.1, 0.15) is 13.8 Å². The second kappa shape index (κ2) is 4.74. The number of nitrogen functional groups attached to an aromatic ring is 1. The summed E-state index contributed by atoms with van der Waals surface area (Å²) in [6.07, 6.45) is 0. The maximum absolute atomic E-state index is 5.66. The SMILES string of the molecule is CC.CN1CCOc2ccc(N)cc21. The summed E-state index contributed by atoms with van der Waals surface area (Å²) in [7, 11) is 2.04. The molecule has 3 nitrogen and oxygen atoms in total. The fourth-order valence-corrected chi connectivity index (χ4v) is 1.37. The average Bonchev–Trinajstić information content (AvgIpc) is 2.22. The van der Waals surface area contributed by atoms with Crippen LogP contribution in [0.4, 0.5) is 11.4 Å². The van der Waals surface area contributed by atoms with E-state index in [9.17, 15) is 0 Å². The van der Waals surface area contributed by atoms with Crippen molar-refractivity contribution in [1.82, 2.24) is 0 Å². The van der Waals surface area contributed by atoms with Gasteiger partial charge in [0.25, 0.3) is 0 Å². The van der Waals surface area contributed by atoms with Crippen LogP contribution >= 0.6 is 0 Å². The first kappa shape index (κ1) is 10.7. The smallest absolute Gasteiger partial charge is 0.142 e. The van der Waals surface area contributed by atoms with Gasteiger partial charge in [0.1, 0.15) is 12.4 Å². The minimum atomic E-state index is 0.757. The van der Waals surface area contributed by atoms with E-state index in [2.05, 4.69) is 4.90 Å². The summed E-state index contributed by atoms with van der Waals surface area (Å²) < 4.78 is 5.45. The molecule has 1 aliphatic heterocycles. The van der Waals surface area contributed by atoms with Crippen molar-refractivity contribution < 1.29 is 4.74 Å². The van der Waals surface area contributed by atoms with Crippen LogP contribution in [0.2, 0.25) is 0 Å². The van der Waals surface area contributed by atoms with E-state index in [1.807, 2.05) is 39.1 Å². The normalized spacial score (nSPS) is 13.5. The molecule has 1 heterocycles. The van der Waals surface area contributed by atoms with Crippen molar-refractivity contribution >= 4 is 11.4 Å². The molecule has 0 radical (unpaired) electrons. The van der Waals surface area contributed by atoms with Gasteiger partial charge in [0, 0.05) is 12.7 Å². The first-order valence-electron chi connectivity index (χ1n) is 5.01. The Morgan fingerprint density at radius 2 is 2.07 bits per heavy atom. The Morgan fingerprint density at radius 1 is 1.36 bits per heavy atom. The van der Waals surface area contributed by atoms with Crippen LogP contribution in [-0.4, -0.2) is 20.2 Å². The van der Waals surface area contributed by atoms with E-state index in [0.29, 0.717) is 0 Å². The molecule has 0 aliphatic carbocycles. The van der Waals surface area contributed by atoms with Crippen molar-refractivity contribution in [3.63, 3.8) is 0 Å². The molecule has 1 aromatic carbocycles. The largest absolute Gasteiger partial charge is 0.490 e. The molecule has 1 aromatic rings. The number of fused-ring (bicyclic) bond motifs is 1. The molecule has 3 heteroatoms. The molecule has 0 atom stereocenters. The van der Waals surface area contributed by atoms with Crippen molar-refractivity contribution in [2.24, 2.45) is 0 Å². The third-order valence-corrected chi connectivity index (χ3v) is 2.08. The Hall–Kier alpha value is -1.38. The molecule has 0 saturated heterocycles. The first-order valence-corrected chi connectivity index (χ1v) is 5.01. The summed E-state index contributed by atoms with van der Waals surface area (Å²) in [6.45, 7) is 5.68. The van der Waals surface area contributed by atoms with Crippen LogP contribution in [0.25, 0.3) is 0 Å². The molecule has 0 bridgehead atoms. The summed E-state index contributed by atoms with van der Waals surface area (Å²) >= 11 is 0. The van der Waals surface area contributed by atoms with Gasteiger partial charge in [-0.05, 0) is 18.2 Å². The monoisotopic (exact) mass is 194 g/mol. The molecule has 0 aromatic heterocycles. The maximum atomic E-state index is 5.66. The quantitative estimate of drug-likeness (QED) is 0.643. The lowest BCUT2D eigenvalue weighted by molar-refractivity contribution is 0.311. The van der Waals surface area contributed by atoms with Crippen LogP contribution in [0.3, 0.4) is 0 Å². The maximum Gasteiger partial charge on any atom is 0.142 e. The predicted octanol–water partition coefficient (Wildman–Crippen LogP) is 2.12. The van der Waals surface area contributed by atoms with Crippen molar-refractivity contribution in [3.8, 4) is 5.75 Å². The van der Waals surface area contributed by atoms with Crippen molar-refractivity contribution in [1.29, 1.82) is 0 Å². The second-order valence-corrected chi connectivity index (χ2v) is 3.00. The van der Waals surface area contributed by atoms with Gasteiger partial charge in [0.2, 0.25) is 0 Å². The van der Waals surface area contributed by atoms with Gasteiger partial charge >= 0.3 is 0 Å². The zero-order valence-electron chi connectivity index (χ0n) is 9.08. The van der Waals surface area contributed by atoms with E-state index in [0.717, 1.165) is 30.3 Å². The number of hydrogen-bond donors (Lipinski definition) is 1. The third kappa shape index (κ3) is 2.10. The molecular formula is C11H18N2O. The standard InChI is InChI=1S/C9H12N2O.C2H6/c1-11-4-5-12-9-3-2-7(10)6-8(9)11;1-2/h2-3,6H,4-5,10H2,1H3;1-2H3. The van der Waals surface area contributed by atoms with Gasteiger partial charge in [-0.15, -0.1) is 0 Å². The van der Waals surface area contributed by atoms with Gasteiger partial charge in [-0.1, -0.05) is 13.8 Å². The van der Waals surface area contributed by atoms with Crippen LogP contribution in [-0.2, 0) is 0 Å². The van der Waals surface area contributed by atoms with Crippen LogP contribution < -0.4 is 15.4 Å². The Morgan fingerprint density at radius 3 is 2.79 bits per heavy atom. The number of benzene rings is 1. The summed E-state index contributed by atoms with van der Waals surface area (Å²) in [4.78, 5) is 2.15. The number of rotatable bonds is 0. The van der Waals surface area contributed by atoms with Crippen LogP contribution in [0.15, 0.2) is 18.2 Å². The highest BCUT2D eigenvalue weighted by atomic mass is 16.5. The predicted molar refractivity (Wildman–Crippen MR) is 61.0 cm³/mol. The minimum absolute atomic E-state index is 0.757. The van der Waals surface area contributed by atoms with Gasteiger partial charge in [-0.3, -0.25) is 0 Å². The fraction of sp³-hybridized carbons (Fsp3) is 0.455. The fourth-order valence-electron chi connectivity index (χ4n) is 1.37. The van der Waals surface area contributed by atoms with Crippen molar-refractivity contribution in [3.05, 3.63) is 18.2 Å². The summed E-state index contributed by atoms with van der Waals surface area (Å²) in [5.74, 6) is 0.929. The van der Waals surface area contributed by atoms with Gasteiger partial charge in [0.15, 0.2) is 0 Å². The van der Waals surface area contributed by atoms with Gasteiger partial charge in [-0.2, -0.15) is 0 Å². The summed E-state index contributed by atoms with van der Waals surface area (Å²) in [5, 5.41) is 0. The number of anilines is 2. The number of nitrogens with two attached hydrogens (primary N) is 1. The van der Waals surface area contributed by atoms with Crippen molar-refractivity contribution in [2.45, 2.75) is 13.8 Å². The topological polar surface area (TPSA) is 38.5 Å². The van der Waals surface area contributed by atoms with E-state index in [1.165, 1.54) is 0 Å². The lowest BCUT2D eigenvalue weighted by Crippen LogP contribution is -2.28. The molecule has 14 heavy (non-hydrogen) atoms. The second-order valence-electron chi connectivity index (χ2n) is 3.00. The lowest BCUT2D eigenvalue weighted by Gasteiger charge is -2.27. The number of ether oxygens (including phenoxy) is 1. The van der Waals surface area contributed by atoms with Crippen LogP contribution in [0, 0.1) is 0 Å². The first-order chi connectivity index (χ1) is 6.77. The van der Waals surface area contributed by atoms with Gasteiger partial charge in [-0.25, -0.2) is 0 Å². The Balaban J connectivity index is 0.000000461. The number of nitrogens with zero attached hydrogens (tertiary/aromatic N) is 1. The minimum Gasteiger partial charge on any atom is -0.490 e. The molecule has 0 saturated carbocycles. The Kier molecular flexibility index (Phi) is 3.63. The highest BCUT2D eigenvalue weighted by Gasteiger charge is 2.13. The zero-order valence-corrected chi connectivity index (χ0v) is 9.08. The Bertz CT molecular complexity index is 299. The number of hydrogen-bond acceptors (Lipinski definition) is 3. The molecule has 1 aliphatic rings. The molecular weight excluding hydrogens is 176 g/mol. The van der Waals surface area contributed by atoms with Gasteiger partial charge in [0.05, 0.1) is 12.2 Å². The molecule has 78 valence electrons. The Labute approximate surface area is 85.5 Å². The molecule has 0 spiro atoms. The van der Waals surface area contributed by atoms with Gasteiger partial charge < -0.3 is 15.4 Å². The van der Waals surface area contributed by atoms with E-state index < -0.39 is 0 Å². The zero-order chi connectivity index (χ0) is 10.6.